The Morgan fingerprint density at radius 2 is 2.25 bits per heavy atom. The van der Waals surface area contributed by atoms with Gasteiger partial charge in [0.2, 0.25) is 5.91 Å². The molecule has 1 aliphatic heterocycles. The predicted molar refractivity (Wildman–Crippen MR) is 79.2 cm³/mol. The van der Waals surface area contributed by atoms with Crippen LogP contribution < -0.4 is 16.2 Å². The number of nitrogens with one attached hydrogen (secondary N) is 3. The number of H-pyrrole nitrogens is 1. The summed E-state index contributed by atoms with van der Waals surface area (Å²) in [4.78, 5) is 26.3. The van der Waals surface area contributed by atoms with Gasteiger partial charge in [0.15, 0.2) is 0 Å². The molecule has 2 aromatic rings. The fourth-order valence-corrected chi connectivity index (χ4v) is 2.64. The van der Waals surface area contributed by atoms with Crippen LogP contribution in [0.2, 0.25) is 5.02 Å². The number of rotatable bonds is 2. The maximum atomic E-state index is 12.1. The molecule has 3 rings (SSSR count). The first kappa shape index (κ1) is 13.1. The minimum Gasteiger partial charge on any atom is -0.329 e. The minimum absolute atomic E-state index is 0.0893. The fraction of sp³-hybridized carbons (Fsp3) is 0.286. The zero-order chi connectivity index (χ0) is 14.1. The summed E-state index contributed by atoms with van der Waals surface area (Å²) in [5.41, 5.74) is 0.336. The molecule has 0 radical (unpaired) electrons. The molecule has 1 aromatic heterocycles. The van der Waals surface area contributed by atoms with Gasteiger partial charge in [0.1, 0.15) is 0 Å². The van der Waals surface area contributed by atoms with Crippen molar-refractivity contribution in [2.24, 2.45) is 0 Å². The number of aromatic amines is 1. The van der Waals surface area contributed by atoms with Gasteiger partial charge in [-0.05, 0) is 43.0 Å². The number of amides is 1. The van der Waals surface area contributed by atoms with Gasteiger partial charge < -0.3 is 15.6 Å². The van der Waals surface area contributed by atoms with Crippen LogP contribution in [0.1, 0.15) is 12.8 Å². The highest BCUT2D eigenvalue weighted by molar-refractivity contribution is 6.34. The fourth-order valence-electron chi connectivity index (χ4n) is 2.43. The number of fused-ring (bicyclic) bond motifs is 1. The van der Waals surface area contributed by atoms with Gasteiger partial charge in [0.05, 0.1) is 16.8 Å². The van der Waals surface area contributed by atoms with E-state index in [4.69, 9.17) is 11.6 Å². The van der Waals surface area contributed by atoms with Gasteiger partial charge in [-0.25, -0.2) is 0 Å². The van der Waals surface area contributed by atoms with Gasteiger partial charge in [-0.1, -0.05) is 11.6 Å². The van der Waals surface area contributed by atoms with Crippen molar-refractivity contribution in [3.05, 3.63) is 39.8 Å². The first-order chi connectivity index (χ1) is 9.65. The Morgan fingerprint density at radius 3 is 3.00 bits per heavy atom. The van der Waals surface area contributed by atoms with Crippen LogP contribution in [0, 0.1) is 0 Å². The number of carbonyl (C=O) groups excluding carboxylic acids is 1. The number of pyridine rings is 1. The van der Waals surface area contributed by atoms with Crippen molar-refractivity contribution < 1.29 is 4.79 Å². The quantitative estimate of drug-likeness (QED) is 0.791. The summed E-state index contributed by atoms with van der Waals surface area (Å²) in [5, 5.41) is 7.56. The third kappa shape index (κ3) is 2.42. The van der Waals surface area contributed by atoms with E-state index < -0.39 is 0 Å². The summed E-state index contributed by atoms with van der Waals surface area (Å²) in [6.45, 7) is 0.860. The van der Waals surface area contributed by atoms with Crippen molar-refractivity contribution in [3.63, 3.8) is 0 Å². The van der Waals surface area contributed by atoms with E-state index in [1.807, 2.05) is 0 Å². The molecule has 104 valence electrons. The van der Waals surface area contributed by atoms with Crippen molar-refractivity contribution in [2.75, 3.05) is 11.9 Å². The molecule has 1 atom stereocenters. The Hall–Kier alpha value is -1.85. The average molecular weight is 292 g/mol. The SMILES string of the molecule is O=C(Nc1cc2cc[nH]c(=O)c2cc1Cl)[C@H]1CCCN1. The van der Waals surface area contributed by atoms with Crippen molar-refractivity contribution in [1.82, 2.24) is 10.3 Å². The molecule has 3 N–H and O–H groups in total. The Labute approximate surface area is 120 Å². The number of benzene rings is 1. The van der Waals surface area contributed by atoms with Gasteiger partial charge in [-0.15, -0.1) is 0 Å². The van der Waals surface area contributed by atoms with E-state index in [1.54, 1.807) is 24.4 Å². The molecule has 6 heteroatoms. The molecule has 0 unspecified atom stereocenters. The Bertz CT molecular complexity index is 720. The molecular formula is C14H14ClN3O2. The first-order valence-electron chi connectivity index (χ1n) is 6.50. The molecule has 1 aliphatic rings. The molecule has 1 saturated heterocycles. The highest BCUT2D eigenvalue weighted by Crippen LogP contribution is 2.26. The summed E-state index contributed by atoms with van der Waals surface area (Å²) in [6, 6.07) is 4.91. The van der Waals surface area contributed by atoms with Gasteiger partial charge in [-0.2, -0.15) is 0 Å². The second-order valence-electron chi connectivity index (χ2n) is 4.86. The van der Waals surface area contributed by atoms with Crippen LogP contribution in [0.15, 0.2) is 29.2 Å². The van der Waals surface area contributed by atoms with Crippen LogP contribution in [0.3, 0.4) is 0 Å². The zero-order valence-electron chi connectivity index (χ0n) is 10.7. The summed E-state index contributed by atoms with van der Waals surface area (Å²) in [7, 11) is 0. The van der Waals surface area contributed by atoms with Gasteiger partial charge in [-0.3, -0.25) is 9.59 Å². The third-order valence-electron chi connectivity index (χ3n) is 3.50. The van der Waals surface area contributed by atoms with Gasteiger partial charge >= 0.3 is 0 Å². The van der Waals surface area contributed by atoms with Crippen molar-refractivity contribution in [2.45, 2.75) is 18.9 Å². The van der Waals surface area contributed by atoms with E-state index in [0.717, 1.165) is 24.8 Å². The largest absolute Gasteiger partial charge is 0.329 e. The molecule has 1 amide bonds. The maximum absolute atomic E-state index is 12.1. The van der Waals surface area contributed by atoms with Crippen LogP contribution in [0.4, 0.5) is 5.69 Å². The lowest BCUT2D eigenvalue weighted by molar-refractivity contribution is -0.117. The summed E-state index contributed by atoms with van der Waals surface area (Å²) < 4.78 is 0. The molecule has 0 aliphatic carbocycles. The van der Waals surface area contributed by atoms with E-state index in [1.165, 1.54) is 0 Å². The highest BCUT2D eigenvalue weighted by Gasteiger charge is 2.22. The number of hydrogen-bond acceptors (Lipinski definition) is 3. The summed E-state index contributed by atoms with van der Waals surface area (Å²) in [6.07, 6.45) is 3.40. The maximum Gasteiger partial charge on any atom is 0.255 e. The average Bonchev–Trinajstić information content (AvgIpc) is 2.95. The van der Waals surface area contributed by atoms with Crippen molar-refractivity contribution in [3.8, 4) is 0 Å². The van der Waals surface area contributed by atoms with E-state index in [-0.39, 0.29) is 17.5 Å². The topological polar surface area (TPSA) is 74.0 Å². The Kier molecular flexibility index (Phi) is 3.46. The van der Waals surface area contributed by atoms with E-state index in [2.05, 4.69) is 15.6 Å². The lowest BCUT2D eigenvalue weighted by Gasteiger charge is -2.12. The number of anilines is 1. The van der Waals surface area contributed by atoms with Crippen molar-refractivity contribution >= 4 is 34.0 Å². The molecule has 0 saturated carbocycles. The minimum atomic E-state index is -0.195. The van der Waals surface area contributed by atoms with Crippen molar-refractivity contribution in [1.29, 1.82) is 0 Å². The van der Waals surface area contributed by atoms with E-state index in [9.17, 15) is 9.59 Å². The molecular weight excluding hydrogens is 278 g/mol. The van der Waals surface area contributed by atoms with Crippen LogP contribution in [-0.2, 0) is 4.79 Å². The van der Waals surface area contributed by atoms with Crippen LogP contribution in [-0.4, -0.2) is 23.5 Å². The smallest absolute Gasteiger partial charge is 0.255 e. The van der Waals surface area contributed by atoms with Crippen LogP contribution in [0.25, 0.3) is 10.8 Å². The Morgan fingerprint density at radius 1 is 1.40 bits per heavy atom. The third-order valence-corrected chi connectivity index (χ3v) is 3.81. The van der Waals surface area contributed by atoms with Gasteiger partial charge in [0.25, 0.3) is 5.56 Å². The Balaban J connectivity index is 1.93. The molecule has 1 aromatic carbocycles. The molecule has 0 bridgehead atoms. The molecule has 5 nitrogen and oxygen atoms in total. The number of hydrogen-bond donors (Lipinski definition) is 3. The number of carbonyl (C=O) groups is 1. The van der Waals surface area contributed by atoms with E-state index in [0.29, 0.717) is 16.1 Å². The summed E-state index contributed by atoms with van der Waals surface area (Å²) in [5.74, 6) is -0.0893. The second kappa shape index (κ2) is 5.26. The summed E-state index contributed by atoms with van der Waals surface area (Å²) >= 11 is 6.14. The highest BCUT2D eigenvalue weighted by atomic mass is 35.5. The second-order valence-corrected chi connectivity index (χ2v) is 5.27. The monoisotopic (exact) mass is 291 g/mol. The molecule has 2 heterocycles. The molecule has 0 spiro atoms. The van der Waals surface area contributed by atoms with Crippen LogP contribution in [0.5, 0.6) is 0 Å². The molecule has 1 fully saturated rings. The standard InChI is InChI=1S/C14H14ClN3O2/c15-10-7-9-8(3-5-17-13(9)19)6-12(10)18-14(20)11-2-1-4-16-11/h3,5-7,11,16H,1-2,4H2,(H,17,19)(H,18,20)/t11-/m1/s1. The lowest BCUT2D eigenvalue weighted by Crippen LogP contribution is -2.35. The first-order valence-corrected chi connectivity index (χ1v) is 6.88. The van der Waals surface area contributed by atoms with Gasteiger partial charge in [0, 0.05) is 11.6 Å². The number of halogens is 1. The zero-order valence-corrected chi connectivity index (χ0v) is 11.5. The predicted octanol–water partition coefficient (Wildman–Crippen LogP) is 1.87. The number of aromatic nitrogens is 1. The van der Waals surface area contributed by atoms with Crippen LogP contribution >= 0.6 is 11.6 Å². The van der Waals surface area contributed by atoms with E-state index >= 15 is 0 Å². The lowest BCUT2D eigenvalue weighted by atomic mass is 10.1. The molecule has 20 heavy (non-hydrogen) atoms. The normalized spacial score (nSPS) is 18.4.